The number of hydrogen-bond donors (Lipinski definition) is 1. The summed E-state index contributed by atoms with van der Waals surface area (Å²) in [7, 11) is 0. The molecule has 0 atom stereocenters. The first-order valence-electron chi connectivity index (χ1n) is 5.49. The Kier molecular flexibility index (Phi) is 2.90. The van der Waals surface area contributed by atoms with Crippen LogP contribution in [0.3, 0.4) is 0 Å². The minimum atomic E-state index is 0.451. The van der Waals surface area contributed by atoms with Crippen molar-refractivity contribution in [3.05, 3.63) is 35.7 Å². The number of aryl methyl sites for hydroxylation is 2. The van der Waals surface area contributed by atoms with Crippen LogP contribution in [0.15, 0.2) is 24.3 Å². The molecule has 4 nitrogen and oxygen atoms in total. The van der Waals surface area contributed by atoms with Crippen LogP contribution in [0.1, 0.15) is 24.7 Å². The van der Waals surface area contributed by atoms with Crippen LogP contribution in [0, 0.1) is 6.92 Å². The maximum atomic E-state index is 5.83. The Labute approximate surface area is 95.1 Å². The van der Waals surface area contributed by atoms with E-state index in [-0.39, 0.29) is 0 Å². The predicted molar refractivity (Wildman–Crippen MR) is 64.5 cm³/mol. The number of rotatable bonds is 3. The molecule has 0 aliphatic carbocycles. The van der Waals surface area contributed by atoms with E-state index in [1.54, 1.807) is 4.68 Å². The molecule has 2 aromatic rings. The van der Waals surface area contributed by atoms with Crippen molar-refractivity contribution in [1.29, 1.82) is 0 Å². The molecule has 0 bridgehead atoms. The van der Waals surface area contributed by atoms with E-state index in [0.29, 0.717) is 5.95 Å². The highest BCUT2D eigenvalue weighted by molar-refractivity contribution is 5.38. The van der Waals surface area contributed by atoms with Gasteiger partial charge in [-0.1, -0.05) is 24.6 Å². The van der Waals surface area contributed by atoms with Crippen molar-refractivity contribution in [2.75, 3.05) is 5.73 Å². The highest BCUT2D eigenvalue weighted by Gasteiger charge is 2.07. The Morgan fingerprint density at radius 2 is 1.94 bits per heavy atom. The van der Waals surface area contributed by atoms with Gasteiger partial charge in [0.05, 0.1) is 5.69 Å². The lowest BCUT2D eigenvalue weighted by atomic mass is 10.2. The third kappa shape index (κ3) is 2.05. The summed E-state index contributed by atoms with van der Waals surface area (Å²) in [5, 5.41) is 4.38. The van der Waals surface area contributed by atoms with Gasteiger partial charge in [0.2, 0.25) is 5.95 Å². The van der Waals surface area contributed by atoms with Crippen LogP contribution < -0.4 is 5.73 Å². The van der Waals surface area contributed by atoms with E-state index in [9.17, 15) is 0 Å². The SMILES string of the molecule is CCCc1nc(N)n(-c2ccc(C)cc2)n1. The summed E-state index contributed by atoms with van der Waals surface area (Å²) < 4.78 is 1.68. The molecule has 0 amide bonds. The average molecular weight is 216 g/mol. The number of aromatic nitrogens is 3. The van der Waals surface area contributed by atoms with Crippen LogP contribution in [-0.4, -0.2) is 14.8 Å². The molecule has 1 aromatic heterocycles. The van der Waals surface area contributed by atoms with E-state index >= 15 is 0 Å². The Hall–Kier alpha value is -1.84. The summed E-state index contributed by atoms with van der Waals surface area (Å²) in [5.41, 5.74) is 8.01. The zero-order chi connectivity index (χ0) is 11.5. The molecule has 1 aromatic carbocycles. The van der Waals surface area contributed by atoms with Crippen molar-refractivity contribution in [3.8, 4) is 5.69 Å². The number of nitrogens with two attached hydrogens (primary N) is 1. The highest BCUT2D eigenvalue weighted by Crippen LogP contribution is 2.12. The zero-order valence-electron chi connectivity index (χ0n) is 9.64. The maximum Gasteiger partial charge on any atom is 0.223 e. The first-order chi connectivity index (χ1) is 7.70. The molecule has 0 unspecified atom stereocenters. The van der Waals surface area contributed by atoms with Gasteiger partial charge in [-0.2, -0.15) is 9.67 Å². The average Bonchev–Trinajstić information content (AvgIpc) is 2.61. The first kappa shape index (κ1) is 10.7. The van der Waals surface area contributed by atoms with Gasteiger partial charge in [0.1, 0.15) is 0 Å². The number of nitrogens with zero attached hydrogens (tertiary/aromatic N) is 3. The molecule has 2 N–H and O–H groups in total. The summed E-state index contributed by atoms with van der Waals surface area (Å²) in [5.74, 6) is 1.26. The maximum absolute atomic E-state index is 5.83. The van der Waals surface area contributed by atoms with E-state index in [1.165, 1.54) is 5.56 Å². The van der Waals surface area contributed by atoms with Gasteiger partial charge < -0.3 is 5.73 Å². The van der Waals surface area contributed by atoms with E-state index in [1.807, 2.05) is 24.3 Å². The van der Waals surface area contributed by atoms with Gasteiger partial charge in [-0.3, -0.25) is 0 Å². The Bertz CT molecular complexity index is 470. The van der Waals surface area contributed by atoms with Gasteiger partial charge in [0, 0.05) is 6.42 Å². The highest BCUT2D eigenvalue weighted by atomic mass is 15.4. The lowest BCUT2D eigenvalue weighted by molar-refractivity contribution is 0.801. The smallest absolute Gasteiger partial charge is 0.223 e. The van der Waals surface area contributed by atoms with Gasteiger partial charge in [0.15, 0.2) is 5.82 Å². The van der Waals surface area contributed by atoms with Crippen molar-refractivity contribution in [3.63, 3.8) is 0 Å². The van der Waals surface area contributed by atoms with Crippen LogP contribution in [0.25, 0.3) is 5.69 Å². The van der Waals surface area contributed by atoms with Gasteiger partial charge in [-0.05, 0) is 25.5 Å². The van der Waals surface area contributed by atoms with Gasteiger partial charge >= 0.3 is 0 Å². The Balaban J connectivity index is 2.36. The third-order valence-electron chi connectivity index (χ3n) is 2.43. The van der Waals surface area contributed by atoms with Crippen LogP contribution in [-0.2, 0) is 6.42 Å². The summed E-state index contributed by atoms with van der Waals surface area (Å²) >= 11 is 0. The molecule has 4 heteroatoms. The number of benzene rings is 1. The molecule has 0 fully saturated rings. The first-order valence-corrected chi connectivity index (χ1v) is 5.49. The van der Waals surface area contributed by atoms with Crippen molar-refractivity contribution < 1.29 is 0 Å². The molecule has 0 aliphatic rings. The monoisotopic (exact) mass is 216 g/mol. The van der Waals surface area contributed by atoms with E-state index in [2.05, 4.69) is 23.9 Å². The van der Waals surface area contributed by atoms with Crippen LogP contribution in [0.4, 0.5) is 5.95 Å². The van der Waals surface area contributed by atoms with E-state index < -0.39 is 0 Å². The third-order valence-corrected chi connectivity index (χ3v) is 2.43. The molecule has 16 heavy (non-hydrogen) atoms. The van der Waals surface area contributed by atoms with Crippen molar-refractivity contribution in [2.24, 2.45) is 0 Å². The van der Waals surface area contributed by atoms with Crippen LogP contribution >= 0.6 is 0 Å². The Morgan fingerprint density at radius 3 is 2.56 bits per heavy atom. The van der Waals surface area contributed by atoms with Crippen LogP contribution in [0.5, 0.6) is 0 Å². The summed E-state index contributed by atoms with van der Waals surface area (Å²) in [6.45, 7) is 4.15. The predicted octanol–water partition coefficient (Wildman–Crippen LogP) is 2.11. The second-order valence-electron chi connectivity index (χ2n) is 3.88. The summed E-state index contributed by atoms with van der Waals surface area (Å²) in [6.07, 6.45) is 1.89. The number of anilines is 1. The minimum absolute atomic E-state index is 0.451. The summed E-state index contributed by atoms with van der Waals surface area (Å²) in [4.78, 5) is 4.23. The molecular weight excluding hydrogens is 200 g/mol. The van der Waals surface area contributed by atoms with Gasteiger partial charge in [-0.25, -0.2) is 0 Å². The molecule has 0 saturated heterocycles. The molecule has 0 aliphatic heterocycles. The fourth-order valence-electron chi connectivity index (χ4n) is 1.57. The minimum Gasteiger partial charge on any atom is -0.368 e. The fraction of sp³-hybridized carbons (Fsp3) is 0.333. The largest absolute Gasteiger partial charge is 0.368 e. The van der Waals surface area contributed by atoms with Crippen molar-refractivity contribution in [2.45, 2.75) is 26.7 Å². The quantitative estimate of drug-likeness (QED) is 0.854. The molecular formula is C12H16N4. The molecule has 0 spiro atoms. The lowest BCUT2D eigenvalue weighted by Gasteiger charge is -2.02. The number of hydrogen-bond acceptors (Lipinski definition) is 3. The molecule has 1 heterocycles. The zero-order valence-corrected chi connectivity index (χ0v) is 9.64. The van der Waals surface area contributed by atoms with Crippen molar-refractivity contribution >= 4 is 5.95 Å². The molecule has 0 radical (unpaired) electrons. The normalized spacial score (nSPS) is 10.6. The van der Waals surface area contributed by atoms with Crippen molar-refractivity contribution in [1.82, 2.24) is 14.8 Å². The van der Waals surface area contributed by atoms with Gasteiger partial charge in [0.25, 0.3) is 0 Å². The van der Waals surface area contributed by atoms with E-state index in [0.717, 1.165) is 24.4 Å². The fourth-order valence-corrected chi connectivity index (χ4v) is 1.57. The number of nitrogen functional groups attached to an aromatic ring is 1. The standard InChI is InChI=1S/C12H16N4/c1-3-4-11-14-12(13)16(15-11)10-7-5-9(2)6-8-10/h5-8H,3-4H2,1-2H3,(H2,13,14,15). The second kappa shape index (κ2) is 4.35. The Morgan fingerprint density at radius 1 is 1.25 bits per heavy atom. The topological polar surface area (TPSA) is 56.7 Å². The van der Waals surface area contributed by atoms with Crippen LogP contribution in [0.2, 0.25) is 0 Å². The molecule has 84 valence electrons. The molecule has 2 rings (SSSR count). The summed E-state index contributed by atoms with van der Waals surface area (Å²) in [6, 6.07) is 8.07. The second-order valence-corrected chi connectivity index (χ2v) is 3.88. The van der Waals surface area contributed by atoms with E-state index in [4.69, 9.17) is 5.73 Å². The molecule has 0 saturated carbocycles. The lowest BCUT2D eigenvalue weighted by Crippen LogP contribution is -2.02. The van der Waals surface area contributed by atoms with Gasteiger partial charge in [-0.15, -0.1) is 5.10 Å².